The number of nitrogens with zero attached hydrogens (tertiary/aromatic N) is 2. The molecule has 2 rings (SSSR count). The minimum Gasteiger partial charge on any atom is -0.391 e. The summed E-state index contributed by atoms with van der Waals surface area (Å²) in [6, 6.07) is 0.460. The van der Waals surface area contributed by atoms with E-state index in [2.05, 4.69) is 16.8 Å². The number of aliphatic hydroxyl groups excluding tert-OH is 1. The van der Waals surface area contributed by atoms with E-state index in [4.69, 9.17) is 0 Å². The second-order valence-electron chi connectivity index (χ2n) is 4.76. The maximum Gasteiger partial charge on any atom is 0.0695 e. The van der Waals surface area contributed by atoms with Crippen LogP contribution in [-0.2, 0) is 0 Å². The van der Waals surface area contributed by atoms with Crippen LogP contribution in [0.25, 0.3) is 0 Å². The zero-order valence-corrected chi connectivity index (χ0v) is 9.15. The van der Waals surface area contributed by atoms with Crippen molar-refractivity contribution in [2.24, 2.45) is 0 Å². The molecular weight excluding hydrogens is 176 g/mol. The van der Waals surface area contributed by atoms with Gasteiger partial charge in [0.1, 0.15) is 0 Å². The molecule has 1 aliphatic heterocycles. The molecule has 2 fully saturated rings. The highest BCUT2D eigenvalue weighted by Gasteiger charge is 2.30. The molecule has 1 N–H and O–H groups in total. The Labute approximate surface area is 86.7 Å². The van der Waals surface area contributed by atoms with Gasteiger partial charge in [-0.15, -0.1) is 0 Å². The van der Waals surface area contributed by atoms with Crippen molar-refractivity contribution in [1.29, 1.82) is 0 Å². The highest BCUT2D eigenvalue weighted by molar-refractivity contribution is 4.86. The fourth-order valence-electron chi connectivity index (χ4n) is 2.74. The molecule has 0 aromatic carbocycles. The maximum absolute atomic E-state index is 9.84. The summed E-state index contributed by atoms with van der Waals surface area (Å²) >= 11 is 0. The van der Waals surface area contributed by atoms with Crippen LogP contribution in [0, 0.1) is 0 Å². The molecule has 3 nitrogen and oxygen atoms in total. The normalized spacial score (nSPS) is 37.3. The summed E-state index contributed by atoms with van der Waals surface area (Å²) in [5, 5.41) is 9.84. The molecule has 1 aliphatic carbocycles. The summed E-state index contributed by atoms with van der Waals surface area (Å²) in [5.74, 6) is 0. The fourth-order valence-corrected chi connectivity index (χ4v) is 2.74. The molecule has 0 aromatic heterocycles. The summed E-state index contributed by atoms with van der Waals surface area (Å²) in [5.41, 5.74) is 0. The minimum atomic E-state index is -0.0570. The van der Waals surface area contributed by atoms with E-state index in [0.29, 0.717) is 6.04 Å². The predicted molar refractivity (Wildman–Crippen MR) is 57.3 cm³/mol. The molecule has 2 aliphatic rings. The average molecular weight is 198 g/mol. The second kappa shape index (κ2) is 4.60. The lowest BCUT2D eigenvalue weighted by atomic mass is 10.1. The largest absolute Gasteiger partial charge is 0.391 e. The van der Waals surface area contributed by atoms with E-state index in [9.17, 15) is 5.11 Å². The number of aliphatic hydroxyl groups is 1. The zero-order valence-electron chi connectivity index (χ0n) is 9.15. The van der Waals surface area contributed by atoms with Crippen LogP contribution in [0.15, 0.2) is 0 Å². The third-order valence-electron chi connectivity index (χ3n) is 3.67. The van der Waals surface area contributed by atoms with Crippen molar-refractivity contribution in [2.45, 2.75) is 37.8 Å². The van der Waals surface area contributed by atoms with Crippen LogP contribution in [0.5, 0.6) is 0 Å². The van der Waals surface area contributed by atoms with Gasteiger partial charge in [-0.25, -0.2) is 0 Å². The molecule has 0 aromatic rings. The number of hydrogen-bond donors (Lipinski definition) is 1. The van der Waals surface area contributed by atoms with E-state index in [0.717, 1.165) is 19.5 Å². The lowest BCUT2D eigenvalue weighted by molar-refractivity contribution is 0.0732. The van der Waals surface area contributed by atoms with Crippen molar-refractivity contribution in [2.75, 3.05) is 33.2 Å². The van der Waals surface area contributed by atoms with Crippen LogP contribution in [0.3, 0.4) is 0 Å². The van der Waals surface area contributed by atoms with E-state index in [1.165, 1.54) is 32.4 Å². The summed E-state index contributed by atoms with van der Waals surface area (Å²) in [4.78, 5) is 4.89. The Morgan fingerprint density at radius 1 is 1.00 bits per heavy atom. The van der Waals surface area contributed by atoms with Gasteiger partial charge in [0.2, 0.25) is 0 Å². The van der Waals surface area contributed by atoms with Gasteiger partial charge in [0.15, 0.2) is 0 Å². The minimum absolute atomic E-state index is 0.0570. The van der Waals surface area contributed by atoms with Crippen LogP contribution in [-0.4, -0.2) is 60.3 Å². The Hall–Kier alpha value is -0.120. The van der Waals surface area contributed by atoms with Crippen molar-refractivity contribution >= 4 is 0 Å². The average Bonchev–Trinajstić information content (AvgIpc) is 2.46. The first-order valence-electron chi connectivity index (χ1n) is 5.88. The Bertz CT molecular complexity index is 186. The van der Waals surface area contributed by atoms with Gasteiger partial charge in [-0.3, -0.25) is 4.90 Å². The van der Waals surface area contributed by atoms with E-state index >= 15 is 0 Å². The van der Waals surface area contributed by atoms with E-state index in [1.807, 2.05) is 0 Å². The highest BCUT2D eigenvalue weighted by Crippen LogP contribution is 2.24. The highest BCUT2D eigenvalue weighted by atomic mass is 16.3. The maximum atomic E-state index is 9.84. The van der Waals surface area contributed by atoms with Gasteiger partial charge in [-0.05, 0) is 45.8 Å². The fraction of sp³-hybridized carbons (Fsp3) is 1.00. The molecule has 14 heavy (non-hydrogen) atoms. The van der Waals surface area contributed by atoms with Gasteiger partial charge in [0, 0.05) is 19.1 Å². The summed E-state index contributed by atoms with van der Waals surface area (Å²) in [7, 11) is 2.19. The van der Waals surface area contributed by atoms with Gasteiger partial charge >= 0.3 is 0 Å². The molecule has 2 atom stereocenters. The molecule has 0 bridgehead atoms. The van der Waals surface area contributed by atoms with Gasteiger partial charge in [0.05, 0.1) is 6.10 Å². The van der Waals surface area contributed by atoms with Crippen LogP contribution in [0.1, 0.15) is 25.7 Å². The number of rotatable bonds is 1. The van der Waals surface area contributed by atoms with E-state index in [1.54, 1.807) is 0 Å². The van der Waals surface area contributed by atoms with Crippen molar-refractivity contribution < 1.29 is 5.11 Å². The molecule has 0 unspecified atom stereocenters. The van der Waals surface area contributed by atoms with Crippen LogP contribution < -0.4 is 0 Å². The molecule has 0 amide bonds. The molecule has 0 radical (unpaired) electrons. The van der Waals surface area contributed by atoms with Crippen LogP contribution >= 0.6 is 0 Å². The zero-order chi connectivity index (χ0) is 9.97. The first-order valence-corrected chi connectivity index (χ1v) is 5.88. The molecular formula is C11H22N2O. The quantitative estimate of drug-likeness (QED) is 0.666. The number of hydrogen-bond acceptors (Lipinski definition) is 3. The monoisotopic (exact) mass is 198 g/mol. The van der Waals surface area contributed by atoms with Crippen LogP contribution in [0.2, 0.25) is 0 Å². The number of likely N-dealkylation sites (N-methyl/N-ethyl adjacent to an activating group) is 1. The SMILES string of the molecule is CN1CCCN([C@@H]2CCC[C@H]2O)CC1. The topological polar surface area (TPSA) is 26.7 Å². The Morgan fingerprint density at radius 2 is 1.86 bits per heavy atom. The van der Waals surface area contributed by atoms with Crippen molar-refractivity contribution in [1.82, 2.24) is 9.80 Å². The molecule has 1 heterocycles. The smallest absolute Gasteiger partial charge is 0.0695 e. The Balaban J connectivity index is 1.90. The summed E-state index contributed by atoms with van der Waals surface area (Å²) < 4.78 is 0. The van der Waals surface area contributed by atoms with E-state index in [-0.39, 0.29) is 6.10 Å². The van der Waals surface area contributed by atoms with Crippen molar-refractivity contribution in [3.05, 3.63) is 0 Å². The Kier molecular flexibility index (Phi) is 3.42. The van der Waals surface area contributed by atoms with Gasteiger partial charge in [-0.1, -0.05) is 0 Å². The second-order valence-corrected chi connectivity index (χ2v) is 4.76. The summed E-state index contributed by atoms with van der Waals surface area (Å²) in [6.07, 6.45) is 4.61. The molecule has 1 saturated heterocycles. The first kappa shape index (κ1) is 10.4. The standard InChI is InChI=1S/C11H22N2O/c1-12-6-3-7-13(9-8-12)10-4-2-5-11(10)14/h10-11,14H,2-9H2,1H3/t10-,11-/m1/s1. The van der Waals surface area contributed by atoms with Gasteiger partial charge < -0.3 is 10.0 Å². The molecule has 82 valence electrons. The third kappa shape index (κ3) is 2.27. The summed E-state index contributed by atoms with van der Waals surface area (Å²) in [6.45, 7) is 4.67. The van der Waals surface area contributed by atoms with E-state index < -0.39 is 0 Å². The van der Waals surface area contributed by atoms with Gasteiger partial charge in [-0.2, -0.15) is 0 Å². The van der Waals surface area contributed by atoms with Crippen molar-refractivity contribution in [3.63, 3.8) is 0 Å². The third-order valence-corrected chi connectivity index (χ3v) is 3.67. The van der Waals surface area contributed by atoms with Crippen molar-refractivity contribution in [3.8, 4) is 0 Å². The van der Waals surface area contributed by atoms with Gasteiger partial charge in [0.25, 0.3) is 0 Å². The van der Waals surface area contributed by atoms with Crippen LogP contribution in [0.4, 0.5) is 0 Å². The Morgan fingerprint density at radius 3 is 2.57 bits per heavy atom. The lowest BCUT2D eigenvalue weighted by Crippen LogP contribution is -2.42. The predicted octanol–water partition coefficient (Wildman–Crippen LogP) is 0.537. The molecule has 1 saturated carbocycles. The first-order chi connectivity index (χ1) is 6.77. The molecule has 3 heteroatoms. The lowest BCUT2D eigenvalue weighted by Gasteiger charge is -2.29. The molecule has 0 spiro atoms.